The summed E-state index contributed by atoms with van der Waals surface area (Å²) in [6.45, 7) is 1.39. The lowest BCUT2D eigenvalue weighted by atomic mass is 10.1. The van der Waals surface area contributed by atoms with Crippen molar-refractivity contribution in [1.29, 1.82) is 0 Å². The maximum Gasteiger partial charge on any atom is 0.253 e. The molecule has 7 nitrogen and oxygen atoms in total. The van der Waals surface area contributed by atoms with Crippen molar-refractivity contribution in [2.45, 2.75) is 19.5 Å². The van der Waals surface area contributed by atoms with E-state index < -0.39 is 22.5 Å². The number of hydrogen-bond acceptors (Lipinski definition) is 4. The highest BCUT2D eigenvalue weighted by molar-refractivity contribution is 7.88. The largest absolute Gasteiger partial charge is 0.345 e. The summed E-state index contributed by atoms with van der Waals surface area (Å²) in [7, 11) is -3.71. The van der Waals surface area contributed by atoms with Crippen LogP contribution in [0.5, 0.6) is 0 Å². The molecule has 0 aliphatic carbocycles. The molecular weight excluding hydrogens is 474 g/mol. The van der Waals surface area contributed by atoms with Crippen LogP contribution in [0.4, 0.5) is 5.69 Å². The van der Waals surface area contributed by atoms with Gasteiger partial charge in [-0.25, -0.2) is 8.42 Å². The molecule has 0 heterocycles. The Hall–Kier alpha value is -3.20. The van der Waals surface area contributed by atoms with E-state index >= 15 is 0 Å². The average Bonchev–Trinajstić information content (AvgIpc) is 2.80. The molecule has 1 unspecified atom stereocenters. The molecule has 0 saturated carbocycles. The topological polar surface area (TPSA) is 95.6 Å². The van der Waals surface area contributed by atoms with Crippen LogP contribution in [-0.4, -0.2) is 37.3 Å². The lowest BCUT2D eigenvalue weighted by Gasteiger charge is -2.21. The van der Waals surface area contributed by atoms with Crippen LogP contribution in [0.15, 0.2) is 78.9 Å². The standard InChI is InChI=1S/C25H26ClN3O4S/c1-18(19-10-4-3-5-11-19)27-25(31)21-13-7-9-15-23(21)28-24(30)17-29(34(2,32)33)16-20-12-6-8-14-22(20)26/h3-15,18H,16-17H2,1-2H3,(H,27,31)(H,28,30). The number of sulfonamides is 1. The van der Waals surface area contributed by atoms with Crippen LogP contribution in [0.2, 0.25) is 5.02 Å². The highest BCUT2D eigenvalue weighted by atomic mass is 35.5. The van der Waals surface area contributed by atoms with Crippen molar-refractivity contribution in [3.8, 4) is 0 Å². The molecule has 3 rings (SSSR count). The Balaban J connectivity index is 1.73. The summed E-state index contributed by atoms with van der Waals surface area (Å²) in [4.78, 5) is 25.7. The first-order chi connectivity index (χ1) is 16.1. The van der Waals surface area contributed by atoms with Crippen molar-refractivity contribution in [2.75, 3.05) is 18.1 Å². The van der Waals surface area contributed by atoms with Gasteiger partial charge >= 0.3 is 0 Å². The summed E-state index contributed by atoms with van der Waals surface area (Å²) >= 11 is 6.16. The Labute approximate surface area is 204 Å². The number of nitrogens with one attached hydrogen (secondary N) is 2. The number of benzene rings is 3. The average molecular weight is 500 g/mol. The predicted molar refractivity (Wildman–Crippen MR) is 134 cm³/mol. The van der Waals surface area contributed by atoms with E-state index in [2.05, 4.69) is 10.6 Å². The Bertz CT molecular complexity index is 1270. The minimum atomic E-state index is -3.71. The summed E-state index contributed by atoms with van der Waals surface area (Å²) in [6.07, 6.45) is 1.03. The molecule has 0 aromatic heterocycles. The summed E-state index contributed by atoms with van der Waals surface area (Å²) < 4.78 is 25.6. The number of hydrogen-bond donors (Lipinski definition) is 2. The lowest BCUT2D eigenvalue weighted by Crippen LogP contribution is -2.37. The first kappa shape index (κ1) is 25.4. The molecule has 2 amide bonds. The van der Waals surface area contributed by atoms with Gasteiger partial charge in [0.1, 0.15) is 0 Å². The molecule has 9 heteroatoms. The van der Waals surface area contributed by atoms with Gasteiger partial charge in [0.25, 0.3) is 5.91 Å². The number of nitrogens with zero attached hydrogens (tertiary/aromatic N) is 1. The molecule has 0 spiro atoms. The van der Waals surface area contributed by atoms with Gasteiger partial charge in [0.2, 0.25) is 15.9 Å². The van der Waals surface area contributed by atoms with Gasteiger partial charge in [-0.1, -0.05) is 72.3 Å². The molecule has 0 aliphatic heterocycles. The third-order valence-electron chi connectivity index (χ3n) is 5.19. The van der Waals surface area contributed by atoms with E-state index in [1.807, 2.05) is 37.3 Å². The van der Waals surface area contributed by atoms with E-state index in [1.54, 1.807) is 48.5 Å². The summed E-state index contributed by atoms with van der Waals surface area (Å²) in [5.74, 6) is -0.933. The summed E-state index contributed by atoms with van der Waals surface area (Å²) in [5.41, 5.74) is 2.09. The second-order valence-corrected chi connectivity index (χ2v) is 10.2. The molecule has 3 aromatic carbocycles. The molecule has 0 fully saturated rings. The van der Waals surface area contributed by atoms with Gasteiger partial charge in [0.05, 0.1) is 30.1 Å². The Morgan fingerprint density at radius 1 is 0.941 bits per heavy atom. The van der Waals surface area contributed by atoms with Crippen LogP contribution >= 0.6 is 11.6 Å². The second kappa shape index (κ2) is 11.3. The third kappa shape index (κ3) is 6.90. The van der Waals surface area contributed by atoms with Gasteiger partial charge in [-0.15, -0.1) is 0 Å². The smallest absolute Gasteiger partial charge is 0.253 e. The Morgan fingerprint density at radius 3 is 2.24 bits per heavy atom. The van der Waals surface area contributed by atoms with Crippen LogP contribution in [0.25, 0.3) is 0 Å². The Morgan fingerprint density at radius 2 is 1.56 bits per heavy atom. The summed E-state index contributed by atoms with van der Waals surface area (Å²) in [5, 5.41) is 6.00. The van der Waals surface area contributed by atoms with E-state index in [1.165, 1.54) is 0 Å². The molecule has 3 aromatic rings. The van der Waals surface area contributed by atoms with E-state index in [4.69, 9.17) is 11.6 Å². The maximum atomic E-state index is 12.9. The zero-order chi connectivity index (χ0) is 24.7. The molecule has 0 bridgehead atoms. The molecule has 2 N–H and O–H groups in total. The van der Waals surface area contributed by atoms with E-state index in [-0.39, 0.29) is 29.7 Å². The number of para-hydroxylation sites is 1. The molecular formula is C25H26ClN3O4S. The fraction of sp³-hybridized carbons (Fsp3) is 0.200. The van der Waals surface area contributed by atoms with Crippen molar-refractivity contribution >= 4 is 39.1 Å². The van der Waals surface area contributed by atoms with Gasteiger partial charge < -0.3 is 10.6 Å². The van der Waals surface area contributed by atoms with Crippen molar-refractivity contribution in [2.24, 2.45) is 0 Å². The molecule has 0 saturated heterocycles. The van der Waals surface area contributed by atoms with Crippen LogP contribution in [0.1, 0.15) is 34.5 Å². The number of rotatable bonds is 9. The molecule has 0 aliphatic rings. The summed E-state index contributed by atoms with van der Waals surface area (Å²) in [6, 6.07) is 22.7. The molecule has 0 radical (unpaired) electrons. The molecule has 1 atom stereocenters. The predicted octanol–water partition coefficient (Wildman–Crippen LogP) is 4.23. The van der Waals surface area contributed by atoms with Crippen molar-refractivity contribution in [1.82, 2.24) is 9.62 Å². The normalized spacial score (nSPS) is 12.2. The minimum Gasteiger partial charge on any atom is -0.345 e. The van der Waals surface area contributed by atoms with Gasteiger partial charge in [0.15, 0.2) is 0 Å². The SMILES string of the molecule is CC(NC(=O)c1ccccc1NC(=O)CN(Cc1ccccc1Cl)S(C)(=O)=O)c1ccccc1. The van der Waals surface area contributed by atoms with Crippen LogP contribution in [0, 0.1) is 0 Å². The first-order valence-electron chi connectivity index (χ1n) is 10.6. The van der Waals surface area contributed by atoms with E-state index in [0.29, 0.717) is 10.6 Å². The minimum absolute atomic E-state index is 0.0529. The van der Waals surface area contributed by atoms with E-state index in [0.717, 1.165) is 16.1 Å². The third-order valence-corrected chi connectivity index (χ3v) is 6.75. The lowest BCUT2D eigenvalue weighted by molar-refractivity contribution is -0.116. The number of carbonyl (C=O) groups is 2. The fourth-order valence-electron chi connectivity index (χ4n) is 3.35. The number of carbonyl (C=O) groups excluding carboxylic acids is 2. The zero-order valence-corrected chi connectivity index (χ0v) is 20.4. The van der Waals surface area contributed by atoms with Gasteiger partial charge in [-0.2, -0.15) is 4.31 Å². The monoisotopic (exact) mass is 499 g/mol. The number of anilines is 1. The van der Waals surface area contributed by atoms with E-state index in [9.17, 15) is 18.0 Å². The van der Waals surface area contributed by atoms with Crippen molar-refractivity contribution < 1.29 is 18.0 Å². The zero-order valence-electron chi connectivity index (χ0n) is 18.9. The van der Waals surface area contributed by atoms with Crippen molar-refractivity contribution in [3.05, 3.63) is 101 Å². The Kier molecular flexibility index (Phi) is 8.44. The van der Waals surface area contributed by atoms with Crippen LogP contribution in [-0.2, 0) is 21.4 Å². The molecule has 178 valence electrons. The first-order valence-corrected chi connectivity index (χ1v) is 12.8. The number of halogens is 1. The molecule has 34 heavy (non-hydrogen) atoms. The number of amides is 2. The second-order valence-electron chi connectivity index (χ2n) is 7.82. The highest BCUT2D eigenvalue weighted by Gasteiger charge is 2.23. The maximum absolute atomic E-state index is 12.9. The van der Waals surface area contributed by atoms with Gasteiger partial charge in [-0.05, 0) is 36.2 Å². The van der Waals surface area contributed by atoms with Crippen LogP contribution < -0.4 is 10.6 Å². The fourth-order valence-corrected chi connectivity index (χ4v) is 4.27. The van der Waals surface area contributed by atoms with Crippen molar-refractivity contribution in [3.63, 3.8) is 0 Å². The quantitative estimate of drug-likeness (QED) is 0.460. The van der Waals surface area contributed by atoms with Gasteiger partial charge in [0, 0.05) is 11.6 Å². The van der Waals surface area contributed by atoms with Crippen LogP contribution in [0.3, 0.4) is 0 Å². The van der Waals surface area contributed by atoms with Gasteiger partial charge in [-0.3, -0.25) is 9.59 Å². The highest BCUT2D eigenvalue weighted by Crippen LogP contribution is 2.20.